The lowest BCUT2D eigenvalue weighted by Crippen LogP contribution is -2.64. The van der Waals surface area contributed by atoms with Gasteiger partial charge in [-0.15, -0.1) is 6.58 Å². The summed E-state index contributed by atoms with van der Waals surface area (Å²) in [6, 6.07) is 0. The Morgan fingerprint density at radius 2 is 1.35 bits per heavy atom. The second-order valence-electron chi connectivity index (χ2n) is 9.53. The summed E-state index contributed by atoms with van der Waals surface area (Å²) in [7, 11) is -4.21. The lowest BCUT2D eigenvalue weighted by molar-refractivity contribution is -0.341. The smallest absolute Gasteiger partial charge is 0.330 e. The fraction of sp³-hybridized carbons (Fsp3) is 0.913. The van der Waals surface area contributed by atoms with Crippen molar-refractivity contribution in [1.82, 2.24) is 0 Å². The minimum atomic E-state index is -4.21. The van der Waals surface area contributed by atoms with Crippen LogP contribution in [0.1, 0.15) is 44.9 Å². The minimum absolute atomic E-state index is 0.0398. The lowest BCUT2D eigenvalue weighted by atomic mass is 9.95. The van der Waals surface area contributed by atoms with Crippen LogP contribution in [0, 0.1) is 0 Å². The Morgan fingerprint density at radius 3 is 1.97 bits per heavy atom. The van der Waals surface area contributed by atoms with Crippen LogP contribution in [0.4, 0.5) is 0 Å². The maximum absolute atomic E-state index is 12.5. The molecule has 2 aliphatic heterocycles. The monoisotopic (exact) mass is 558 g/mol. The van der Waals surface area contributed by atoms with Gasteiger partial charge in [-0.2, -0.15) is 0 Å². The van der Waals surface area contributed by atoms with Gasteiger partial charge in [-0.1, -0.05) is 31.8 Å². The maximum Gasteiger partial charge on any atom is 0.330 e. The van der Waals surface area contributed by atoms with Crippen LogP contribution < -0.4 is 0 Å². The van der Waals surface area contributed by atoms with Gasteiger partial charge in [-0.25, -0.2) is 0 Å². The van der Waals surface area contributed by atoms with Gasteiger partial charge in [0.2, 0.25) is 0 Å². The summed E-state index contributed by atoms with van der Waals surface area (Å²) in [6.45, 7) is 2.29. The van der Waals surface area contributed by atoms with E-state index < -0.39 is 88.2 Å². The number of ether oxygens (including phenoxy) is 3. The average molecular weight is 559 g/mol. The molecule has 13 nitrogen and oxygen atoms in total. The van der Waals surface area contributed by atoms with E-state index in [1.165, 1.54) is 0 Å². The Balaban J connectivity index is 1.87. The minimum Gasteiger partial charge on any atom is -0.394 e. The van der Waals surface area contributed by atoms with Crippen LogP contribution in [0.3, 0.4) is 0 Å². The summed E-state index contributed by atoms with van der Waals surface area (Å²) in [5, 5.41) is 70.2. The molecular weight excluding hydrogens is 515 g/mol. The van der Waals surface area contributed by atoms with E-state index >= 15 is 0 Å². The van der Waals surface area contributed by atoms with Crippen molar-refractivity contribution in [3.8, 4) is 0 Å². The Morgan fingerprint density at radius 1 is 0.757 bits per heavy atom. The molecule has 0 aliphatic carbocycles. The highest BCUT2D eigenvalue weighted by Gasteiger charge is 2.51. The molecule has 218 valence electrons. The largest absolute Gasteiger partial charge is 0.394 e. The number of allylic oxidation sites excluding steroid dienone is 1. The molecular formula is C23H43O13P. The normalized spacial score (nSPS) is 38.3. The summed E-state index contributed by atoms with van der Waals surface area (Å²) in [5.74, 6) is 0. The number of unbranched alkanes of at least 4 members (excludes halogenated alkanes) is 6. The Labute approximate surface area is 216 Å². The number of hydrogen-bond donors (Lipinski definition) is 8. The Bertz CT molecular complexity index is 708. The quantitative estimate of drug-likeness (QED) is 0.0633. The van der Waals surface area contributed by atoms with Crippen molar-refractivity contribution < 1.29 is 63.9 Å². The SMILES string of the molecule is C=CCCCCCCCCOP(=O)(O)C[C@H]1O[C@H](CO)[C@@H](O[C@@H]2O[C@H](CO)[C@H](O)[C@H](O)[C@H]2O)[C@H](O)[C@@H]1O. The van der Waals surface area contributed by atoms with Crippen LogP contribution in [0.25, 0.3) is 0 Å². The van der Waals surface area contributed by atoms with E-state index in [-0.39, 0.29) is 6.61 Å². The van der Waals surface area contributed by atoms with Gasteiger partial charge in [0, 0.05) is 0 Å². The number of aliphatic hydroxyl groups excluding tert-OH is 7. The van der Waals surface area contributed by atoms with Crippen molar-refractivity contribution in [1.29, 1.82) is 0 Å². The first kappa shape index (κ1) is 32.7. The van der Waals surface area contributed by atoms with Gasteiger partial charge < -0.3 is 59.4 Å². The van der Waals surface area contributed by atoms with Gasteiger partial charge in [0.1, 0.15) is 48.8 Å². The van der Waals surface area contributed by atoms with Crippen LogP contribution in [0.5, 0.6) is 0 Å². The first-order chi connectivity index (χ1) is 17.6. The third-order valence-electron chi connectivity index (χ3n) is 6.61. The van der Waals surface area contributed by atoms with Crippen LogP contribution in [0.15, 0.2) is 12.7 Å². The topological polar surface area (TPSA) is 216 Å². The Kier molecular flexibility index (Phi) is 14.1. The molecule has 0 aromatic rings. The van der Waals surface area contributed by atoms with E-state index in [1.807, 2.05) is 6.08 Å². The summed E-state index contributed by atoms with van der Waals surface area (Å²) in [6.07, 6.45) is -7.85. The lowest BCUT2D eigenvalue weighted by Gasteiger charge is -2.46. The molecule has 37 heavy (non-hydrogen) atoms. The number of hydrogen-bond acceptors (Lipinski definition) is 12. The van der Waals surface area contributed by atoms with Crippen molar-refractivity contribution in [2.24, 2.45) is 0 Å². The number of rotatable bonds is 16. The molecule has 2 fully saturated rings. The first-order valence-corrected chi connectivity index (χ1v) is 14.5. The third-order valence-corrected chi connectivity index (χ3v) is 8.02. The molecule has 1 unspecified atom stereocenters. The fourth-order valence-corrected chi connectivity index (χ4v) is 5.68. The van der Waals surface area contributed by atoms with Crippen LogP contribution in [-0.2, 0) is 23.3 Å². The summed E-state index contributed by atoms with van der Waals surface area (Å²) < 4.78 is 33.9. The maximum atomic E-state index is 12.5. The van der Waals surface area contributed by atoms with Crippen molar-refractivity contribution in [2.45, 2.75) is 106 Å². The van der Waals surface area contributed by atoms with E-state index in [1.54, 1.807) is 0 Å². The molecule has 0 aromatic heterocycles. The molecule has 0 radical (unpaired) electrons. The van der Waals surface area contributed by atoms with E-state index in [0.717, 1.165) is 38.5 Å². The highest BCUT2D eigenvalue weighted by atomic mass is 31.2. The second kappa shape index (κ2) is 15.9. The van der Waals surface area contributed by atoms with E-state index in [2.05, 4.69) is 6.58 Å². The molecule has 2 rings (SSSR count). The van der Waals surface area contributed by atoms with E-state index in [0.29, 0.717) is 6.42 Å². The highest BCUT2D eigenvalue weighted by molar-refractivity contribution is 7.52. The van der Waals surface area contributed by atoms with Crippen molar-refractivity contribution in [3.05, 3.63) is 12.7 Å². The van der Waals surface area contributed by atoms with E-state index in [9.17, 15) is 45.2 Å². The van der Waals surface area contributed by atoms with Gasteiger partial charge in [-0.3, -0.25) is 4.57 Å². The summed E-state index contributed by atoms with van der Waals surface area (Å²) in [5.41, 5.74) is 0. The predicted octanol–water partition coefficient (Wildman–Crippen LogP) is -1.23. The summed E-state index contributed by atoms with van der Waals surface area (Å²) in [4.78, 5) is 10.2. The van der Waals surface area contributed by atoms with E-state index in [4.69, 9.17) is 18.7 Å². The Hall–Kier alpha value is -0.510. The third kappa shape index (κ3) is 9.57. The van der Waals surface area contributed by atoms with Crippen LogP contribution in [0.2, 0.25) is 0 Å². The molecule has 2 aliphatic rings. The molecule has 0 aromatic carbocycles. The zero-order valence-electron chi connectivity index (χ0n) is 20.9. The summed E-state index contributed by atoms with van der Waals surface area (Å²) >= 11 is 0. The molecule has 2 saturated heterocycles. The van der Waals surface area contributed by atoms with Crippen molar-refractivity contribution in [2.75, 3.05) is 26.0 Å². The molecule has 0 spiro atoms. The molecule has 0 amide bonds. The van der Waals surface area contributed by atoms with Crippen molar-refractivity contribution in [3.63, 3.8) is 0 Å². The molecule has 2 heterocycles. The second-order valence-corrected chi connectivity index (χ2v) is 11.4. The predicted molar refractivity (Wildman–Crippen MR) is 130 cm³/mol. The first-order valence-electron chi connectivity index (χ1n) is 12.7. The zero-order valence-corrected chi connectivity index (χ0v) is 21.8. The standard InChI is InChI=1S/C23H43O13P/c1-2-3-4-5-6-7-8-9-10-33-37(31,32)13-16-18(27)20(29)22(15(12-25)34-16)36-23-21(30)19(28)17(26)14(11-24)35-23/h2,14-30H,1,3-13H2,(H,31,32)/t14-,15-,16-,17+,18-,19+,20-,21-,22-,23+/m1/s1. The molecule has 0 saturated carbocycles. The van der Waals surface area contributed by atoms with Gasteiger partial charge in [-0.05, 0) is 19.3 Å². The van der Waals surface area contributed by atoms with Crippen LogP contribution >= 0.6 is 7.60 Å². The number of aliphatic hydroxyl groups is 7. The molecule has 11 atom stereocenters. The van der Waals surface area contributed by atoms with Crippen molar-refractivity contribution >= 4 is 7.60 Å². The van der Waals surface area contributed by atoms with Gasteiger partial charge in [0.15, 0.2) is 6.29 Å². The fourth-order valence-electron chi connectivity index (χ4n) is 4.40. The highest BCUT2D eigenvalue weighted by Crippen LogP contribution is 2.45. The molecule has 14 heteroatoms. The molecule has 0 bridgehead atoms. The van der Waals surface area contributed by atoms with Gasteiger partial charge in [0.05, 0.1) is 32.1 Å². The zero-order chi connectivity index (χ0) is 27.6. The van der Waals surface area contributed by atoms with Crippen LogP contribution in [-0.4, -0.2) is 128 Å². The molecule has 8 N–H and O–H groups in total. The van der Waals surface area contributed by atoms with Gasteiger partial charge >= 0.3 is 7.60 Å². The average Bonchev–Trinajstić information content (AvgIpc) is 2.87. The van der Waals surface area contributed by atoms with Gasteiger partial charge in [0.25, 0.3) is 0 Å².